The number of aromatic amines is 2. The number of aliphatic imine (C=N–C) groups is 1. The first kappa shape index (κ1) is 85.2. The highest BCUT2D eigenvalue weighted by Gasteiger charge is 2.42. The highest BCUT2D eigenvalue weighted by Crippen LogP contribution is 2.21. The van der Waals surface area contributed by atoms with Gasteiger partial charge in [0, 0.05) is 93.8 Å². The Kier molecular flexibility index (Phi) is 42.8. The van der Waals surface area contributed by atoms with Crippen molar-refractivity contribution >= 4 is 70.0 Å². The third-order valence-electron chi connectivity index (χ3n) is 18.5. The lowest BCUT2D eigenvalue weighted by Crippen LogP contribution is -2.59. The Morgan fingerprint density at radius 2 is 0.990 bits per heavy atom. The number of benzene rings is 2. The lowest BCUT2D eigenvalue weighted by molar-refractivity contribution is -0.144. The van der Waals surface area contributed by atoms with Gasteiger partial charge >= 0.3 is 0 Å². The first-order valence-corrected chi connectivity index (χ1v) is 38.4. The van der Waals surface area contributed by atoms with Gasteiger partial charge in [0.05, 0.1) is 12.9 Å². The SMILES string of the molecule is CCCCCCCCCCCCCCCC(=O)NCCCNC(=O)C1NN(CC(=O)N[C@@H](Cc2cnc[nH]2)C(=O)N[C@H](Cc2ccccc2)C(=O)N[C@@H](CCCN=C(N)N)C(=O)N[C@@H](Cc2c[nH]c3ccccc23)C(N)=O)C(C(=O)NCCCNC(=O)CCCCCCCCCCCCCCC)O1. The van der Waals surface area contributed by atoms with Gasteiger partial charge in [0.1, 0.15) is 24.2 Å². The molecule has 0 radical (unpaired) electrons. The lowest BCUT2D eigenvalue weighted by atomic mass is 10.0. The number of para-hydroxylation sites is 1. The number of rotatable bonds is 58. The largest absolute Gasteiger partial charge is 0.370 e. The number of nitrogens with two attached hydrogens (primary N) is 3. The maximum absolute atomic E-state index is 14.8. The summed E-state index contributed by atoms with van der Waals surface area (Å²) in [6.45, 7) is 4.83. The standard InChI is InChI=1S/C76H123N17O10/c1-3-5-7-9-11-13-15-17-19-21-23-25-30-42-65(94)81-45-35-47-83-72(101)74-92-93(75(103-74)73(102)84-48-36-46-82-66(95)43-31-26-24-22-20-18-16-14-12-10-8-6-4-2)54-67(96)88-64(51-58-53-80-55-87-58)71(100)91-63(49-56-37-28-27-29-38-56)70(99)89-61(41-34-44-85-76(78)79)69(98)90-62(68(77)97)50-57-52-86-60-40-33-32-39-59(57)60/h27-29,32-33,37-40,52-53,55,61-64,74-75,86,92H,3-26,30-31,34-36,41-51,54H2,1-2H3,(H2,77,97)(H,80,87)(H,81,94)(H,82,95)(H,83,101)(H,84,102)(H,88,96)(H,89,99)(H,90,98)(H,91,100)(H4,78,79,85)/t61-,62-,63+,64-,74?,75?/m0/s1. The van der Waals surface area contributed by atoms with Crippen LogP contribution in [0.25, 0.3) is 10.9 Å². The molecule has 2 unspecified atom stereocenters. The quantitative estimate of drug-likeness (QED) is 0.0119. The molecule has 2 aromatic carbocycles. The van der Waals surface area contributed by atoms with Crippen LogP contribution >= 0.6 is 0 Å². The van der Waals surface area contributed by atoms with Crippen LogP contribution in [0.4, 0.5) is 0 Å². The van der Waals surface area contributed by atoms with E-state index in [0.717, 1.165) is 60.0 Å². The first-order chi connectivity index (χ1) is 50.0. The van der Waals surface area contributed by atoms with Crippen molar-refractivity contribution in [3.05, 3.63) is 90.1 Å². The minimum atomic E-state index is -1.54. The molecule has 2 aromatic heterocycles. The zero-order chi connectivity index (χ0) is 74.1. The zero-order valence-corrected chi connectivity index (χ0v) is 61.5. The molecule has 0 bridgehead atoms. The fraction of sp³-hybridized carbons (Fsp3) is 0.645. The molecule has 9 amide bonds. The number of ether oxygens (including phenoxy) is 1. The molecular weight excluding hydrogens is 1310 g/mol. The van der Waals surface area contributed by atoms with Crippen molar-refractivity contribution in [1.82, 2.24) is 67.9 Å². The fourth-order valence-corrected chi connectivity index (χ4v) is 12.5. The molecule has 1 fully saturated rings. The molecule has 17 N–H and O–H groups in total. The Balaban J connectivity index is 1.20. The van der Waals surface area contributed by atoms with Crippen LogP contribution in [0.1, 0.15) is 236 Å². The highest BCUT2D eigenvalue weighted by atomic mass is 16.6. The van der Waals surface area contributed by atoms with Crippen LogP contribution in [-0.4, -0.2) is 155 Å². The summed E-state index contributed by atoms with van der Waals surface area (Å²) in [6.07, 6.45) is 34.7. The molecule has 0 aliphatic carbocycles. The number of imidazole rings is 1. The van der Waals surface area contributed by atoms with Crippen molar-refractivity contribution < 1.29 is 47.9 Å². The Bertz CT molecular complexity index is 3130. The van der Waals surface area contributed by atoms with Gasteiger partial charge in [-0.15, -0.1) is 0 Å². The van der Waals surface area contributed by atoms with E-state index in [-0.39, 0.29) is 69.5 Å². The summed E-state index contributed by atoms with van der Waals surface area (Å²) < 4.78 is 6.01. The maximum Gasteiger partial charge on any atom is 0.265 e. The van der Waals surface area contributed by atoms with Gasteiger partial charge in [0.15, 0.2) is 5.96 Å². The van der Waals surface area contributed by atoms with Gasteiger partial charge in [-0.2, -0.15) is 5.01 Å². The van der Waals surface area contributed by atoms with Crippen molar-refractivity contribution in [2.45, 2.75) is 275 Å². The number of amides is 9. The van der Waals surface area contributed by atoms with E-state index in [2.05, 4.69) is 81.8 Å². The second-order valence-corrected chi connectivity index (χ2v) is 27.3. The number of nitrogens with zero attached hydrogens (tertiary/aromatic N) is 3. The van der Waals surface area contributed by atoms with Gasteiger partial charge in [0.2, 0.25) is 53.8 Å². The maximum atomic E-state index is 14.8. The van der Waals surface area contributed by atoms with E-state index < -0.39 is 84.5 Å². The molecule has 5 rings (SSSR count). The minimum Gasteiger partial charge on any atom is -0.370 e. The van der Waals surface area contributed by atoms with Crippen LogP contribution in [0.3, 0.4) is 0 Å². The summed E-state index contributed by atoms with van der Waals surface area (Å²) in [4.78, 5) is 139. The van der Waals surface area contributed by atoms with Gasteiger partial charge in [-0.05, 0) is 55.7 Å². The van der Waals surface area contributed by atoms with Crippen molar-refractivity contribution in [3.63, 3.8) is 0 Å². The van der Waals surface area contributed by atoms with Crippen LogP contribution in [0.2, 0.25) is 0 Å². The second kappa shape index (κ2) is 51.7. The number of hydrogen-bond acceptors (Lipinski definition) is 14. The third-order valence-corrected chi connectivity index (χ3v) is 18.5. The first-order valence-electron chi connectivity index (χ1n) is 38.4. The molecule has 1 saturated heterocycles. The number of carbonyl (C=O) groups is 9. The average Bonchev–Trinajstić information content (AvgIpc) is 1.71. The van der Waals surface area contributed by atoms with Crippen LogP contribution in [0.5, 0.6) is 0 Å². The fourth-order valence-electron chi connectivity index (χ4n) is 12.5. The number of carbonyl (C=O) groups excluding carboxylic acids is 9. The van der Waals surface area contributed by atoms with Crippen molar-refractivity contribution in [2.24, 2.45) is 22.2 Å². The van der Waals surface area contributed by atoms with Gasteiger partial charge in [0.25, 0.3) is 11.8 Å². The number of aromatic nitrogens is 3. The third kappa shape index (κ3) is 36.0. The summed E-state index contributed by atoms with van der Waals surface area (Å²) in [6, 6.07) is 11.0. The van der Waals surface area contributed by atoms with E-state index >= 15 is 0 Å². The molecule has 0 saturated carbocycles. The van der Waals surface area contributed by atoms with E-state index in [1.54, 1.807) is 36.5 Å². The van der Waals surface area contributed by atoms with Crippen LogP contribution in [-0.2, 0) is 67.2 Å². The molecule has 572 valence electrons. The molecule has 4 aromatic rings. The molecule has 3 heterocycles. The number of hydrogen-bond donors (Lipinski definition) is 14. The van der Waals surface area contributed by atoms with Gasteiger partial charge in [-0.3, -0.25) is 48.1 Å². The van der Waals surface area contributed by atoms with Crippen LogP contribution < -0.4 is 65.2 Å². The molecule has 27 heteroatoms. The predicted octanol–water partition coefficient (Wildman–Crippen LogP) is 7.09. The number of fused-ring (bicyclic) bond motifs is 1. The van der Waals surface area contributed by atoms with Gasteiger partial charge < -0.3 is 74.4 Å². The molecule has 6 atom stereocenters. The van der Waals surface area contributed by atoms with E-state index in [9.17, 15) is 43.2 Å². The molecule has 27 nitrogen and oxygen atoms in total. The topological polar surface area (TPSA) is 409 Å². The predicted molar refractivity (Wildman–Crippen MR) is 402 cm³/mol. The minimum absolute atomic E-state index is 0.00965. The molecule has 1 aliphatic rings. The zero-order valence-electron chi connectivity index (χ0n) is 61.5. The van der Waals surface area contributed by atoms with E-state index in [1.807, 2.05) is 24.3 Å². The van der Waals surface area contributed by atoms with Crippen molar-refractivity contribution in [2.75, 3.05) is 39.3 Å². The number of unbranched alkanes of at least 4 members (excludes halogenated alkanes) is 24. The number of nitrogens with one attached hydrogen (secondary N) is 11. The summed E-state index contributed by atoms with van der Waals surface area (Å²) in [5.74, 6) is -5.59. The molecule has 103 heavy (non-hydrogen) atoms. The van der Waals surface area contributed by atoms with Crippen LogP contribution in [0, 0.1) is 0 Å². The highest BCUT2D eigenvalue weighted by molar-refractivity contribution is 5.96. The summed E-state index contributed by atoms with van der Waals surface area (Å²) in [5, 5.41) is 24.5. The monoisotopic (exact) mass is 1430 g/mol. The summed E-state index contributed by atoms with van der Waals surface area (Å²) in [7, 11) is 0. The number of hydrazine groups is 1. The number of H-pyrrole nitrogens is 2. The Labute approximate surface area is 610 Å². The lowest BCUT2D eigenvalue weighted by Gasteiger charge is -2.27. The van der Waals surface area contributed by atoms with Crippen molar-refractivity contribution in [1.29, 1.82) is 0 Å². The Morgan fingerprint density at radius 1 is 0.505 bits per heavy atom. The molecule has 1 aliphatic heterocycles. The molecular formula is C76H123N17O10. The van der Waals surface area contributed by atoms with Crippen molar-refractivity contribution in [3.8, 4) is 0 Å². The normalized spacial score (nSPS) is 14.7. The number of primary amides is 1. The van der Waals surface area contributed by atoms with Gasteiger partial charge in [-0.25, -0.2) is 10.4 Å². The summed E-state index contributed by atoms with van der Waals surface area (Å²) >= 11 is 0. The Hall–Kier alpha value is -8.43. The van der Waals surface area contributed by atoms with E-state index in [4.69, 9.17) is 21.9 Å². The average molecular weight is 1430 g/mol. The molecule has 0 spiro atoms. The summed E-state index contributed by atoms with van der Waals surface area (Å²) in [5.41, 5.74) is 22.5. The van der Waals surface area contributed by atoms with E-state index in [0.29, 0.717) is 50.0 Å². The Morgan fingerprint density at radius 3 is 1.52 bits per heavy atom. The van der Waals surface area contributed by atoms with E-state index in [1.165, 1.54) is 141 Å². The smallest absolute Gasteiger partial charge is 0.265 e. The number of guanidine groups is 1. The van der Waals surface area contributed by atoms with Gasteiger partial charge in [-0.1, -0.05) is 216 Å². The van der Waals surface area contributed by atoms with Crippen LogP contribution in [0.15, 0.2) is 78.3 Å². The second-order valence-electron chi connectivity index (χ2n) is 27.3.